The summed E-state index contributed by atoms with van der Waals surface area (Å²) < 4.78 is 4.91. The molecule has 6 nitrogen and oxygen atoms in total. The van der Waals surface area contributed by atoms with Crippen molar-refractivity contribution in [2.24, 2.45) is 0 Å². The monoisotopic (exact) mass is 332 g/mol. The molecule has 0 radical (unpaired) electrons. The summed E-state index contributed by atoms with van der Waals surface area (Å²) in [5.74, 6) is 1.09. The molecule has 0 bridgehead atoms. The number of H-pyrrole nitrogens is 1. The number of anilines is 1. The second-order valence-electron chi connectivity index (χ2n) is 5.96. The lowest BCUT2D eigenvalue weighted by Crippen LogP contribution is -2.11. The first-order valence-corrected chi connectivity index (χ1v) is 7.90. The van der Waals surface area contributed by atoms with Crippen LogP contribution in [-0.4, -0.2) is 21.0 Å². The highest BCUT2D eigenvalue weighted by molar-refractivity contribution is 6.02. The number of aromatic nitrogens is 3. The molecule has 0 saturated heterocycles. The van der Waals surface area contributed by atoms with E-state index in [-0.39, 0.29) is 11.6 Å². The quantitative estimate of drug-likeness (QED) is 0.592. The molecule has 0 saturated carbocycles. The maximum Gasteiger partial charge on any atom is 0.277 e. The Bertz CT molecular complexity index is 1060. The van der Waals surface area contributed by atoms with Crippen LogP contribution in [0.25, 0.3) is 22.4 Å². The number of benzene rings is 2. The number of aromatic amines is 1. The molecule has 0 aliphatic heterocycles. The van der Waals surface area contributed by atoms with E-state index in [9.17, 15) is 4.79 Å². The summed E-state index contributed by atoms with van der Waals surface area (Å²) in [4.78, 5) is 20.0. The average molecular weight is 332 g/mol. The van der Waals surface area contributed by atoms with Gasteiger partial charge in [0.2, 0.25) is 0 Å². The Hall–Kier alpha value is -3.41. The third kappa shape index (κ3) is 3.01. The van der Waals surface area contributed by atoms with E-state index in [1.807, 2.05) is 43.3 Å². The first-order valence-electron chi connectivity index (χ1n) is 7.90. The first kappa shape index (κ1) is 15.1. The molecule has 124 valence electrons. The third-order valence-electron chi connectivity index (χ3n) is 3.91. The lowest BCUT2D eigenvalue weighted by atomic mass is 10.2. The second-order valence-corrected chi connectivity index (χ2v) is 5.96. The molecule has 2 aromatic carbocycles. The molecule has 25 heavy (non-hydrogen) atoms. The summed E-state index contributed by atoms with van der Waals surface area (Å²) in [7, 11) is 0. The molecule has 1 amide bonds. The fraction of sp³-hybridized carbons (Fsp3) is 0.105. The lowest BCUT2D eigenvalue weighted by molar-refractivity contribution is 0.101. The fourth-order valence-electron chi connectivity index (χ4n) is 2.64. The van der Waals surface area contributed by atoms with Gasteiger partial charge in [-0.2, -0.15) is 0 Å². The van der Waals surface area contributed by atoms with Gasteiger partial charge in [-0.15, -0.1) is 0 Å². The minimum Gasteiger partial charge on any atom is -0.361 e. The summed E-state index contributed by atoms with van der Waals surface area (Å²) in [6.45, 7) is 3.79. The van der Waals surface area contributed by atoms with Crippen LogP contribution in [0.5, 0.6) is 0 Å². The van der Waals surface area contributed by atoms with Crippen molar-refractivity contribution in [3.8, 4) is 11.4 Å². The number of carbonyl (C=O) groups excluding carboxylic acids is 1. The van der Waals surface area contributed by atoms with Crippen LogP contribution < -0.4 is 5.32 Å². The Kier molecular flexibility index (Phi) is 3.57. The molecule has 0 aliphatic rings. The average Bonchev–Trinajstić information content (AvgIpc) is 3.21. The number of nitrogens with zero attached hydrogens (tertiary/aromatic N) is 2. The van der Waals surface area contributed by atoms with Crippen LogP contribution in [0.3, 0.4) is 0 Å². The maximum absolute atomic E-state index is 12.1. The van der Waals surface area contributed by atoms with Gasteiger partial charge < -0.3 is 14.8 Å². The van der Waals surface area contributed by atoms with Gasteiger partial charge in [0.05, 0.1) is 11.0 Å². The molecule has 6 heteroatoms. The number of fused-ring (bicyclic) bond motifs is 1. The van der Waals surface area contributed by atoms with Crippen molar-refractivity contribution in [2.45, 2.75) is 13.8 Å². The highest BCUT2D eigenvalue weighted by Gasteiger charge is 2.11. The van der Waals surface area contributed by atoms with Gasteiger partial charge in [0.25, 0.3) is 5.91 Å². The zero-order valence-corrected chi connectivity index (χ0v) is 13.8. The van der Waals surface area contributed by atoms with Crippen LogP contribution in [0.2, 0.25) is 0 Å². The highest BCUT2D eigenvalue weighted by atomic mass is 16.5. The molecular formula is C19H16N4O2. The summed E-state index contributed by atoms with van der Waals surface area (Å²) in [6.07, 6.45) is 0. The molecule has 2 aromatic heterocycles. The smallest absolute Gasteiger partial charge is 0.277 e. The predicted octanol–water partition coefficient (Wildman–Crippen LogP) is 4.09. The molecule has 2 N–H and O–H groups in total. The molecule has 2 heterocycles. The number of carbonyl (C=O) groups is 1. The van der Waals surface area contributed by atoms with E-state index in [1.165, 1.54) is 5.56 Å². The van der Waals surface area contributed by atoms with E-state index in [0.29, 0.717) is 11.4 Å². The number of nitrogens with one attached hydrogen (secondary N) is 2. The van der Waals surface area contributed by atoms with E-state index >= 15 is 0 Å². The van der Waals surface area contributed by atoms with Gasteiger partial charge in [-0.3, -0.25) is 4.79 Å². The van der Waals surface area contributed by atoms with E-state index in [0.717, 1.165) is 22.4 Å². The van der Waals surface area contributed by atoms with Crippen molar-refractivity contribution < 1.29 is 9.32 Å². The van der Waals surface area contributed by atoms with Gasteiger partial charge in [-0.1, -0.05) is 11.2 Å². The minimum absolute atomic E-state index is 0.259. The van der Waals surface area contributed by atoms with Crippen LogP contribution >= 0.6 is 0 Å². The molecule has 4 rings (SSSR count). The highest BCUT2D eigenvalue weighted by Crippen LogP contribution is 2.23. The molecule has 0 aliphatic carbocycles. The lowest BCUT2D eigenvalue weighted by Gasteiger charge is -2.03. The van der Waals surface area contributed by atoms with Crippen LogP contribution in [0.4, 0.5) is 5.69 Å². The van der Waals surface area contributed by atoms with E-state index in [2.05, 4.69) is 26.5 Å². The normalized spacial score (nSPS) is 11.0. The minimum atomic E-state index is -0.302. The SMILES string of the molecule is Cc1ccc2nc(-c3ccc(NC(=O)c4cc(C)on4)cc3)[nH]c2c1. The summed E-state index contributed by atoms with van der Waals surface area (Å²) >= 11 is 0. The number of amides is 1. The van der Waals surface area contributed by atoms with E-state index in [4.69, 9.17) is 4.52 Å². The van der Waals surface area contributed by atoms with Crippen molar-refractivity contribution in [1.82, 2.24) is 15.1 Å². The number of aryl methyl sites for hydroxylation is 2. The van der Waals surface area contributed by atoms with Crippen LogP contribution in [0, 0.1) is 13.8 Å². The first-order chi connectivity index (χ1) is 12.1. The Balaban J connectivity index is 1.55. The Labute approximate surface area is 143 Å². The van der Waals surface area contributed by atoms with E-state index < -0.39 is 0 Å². The maximum atomic E-state index is 12.1. The topological polar surface area (TPSA) is 83.8 Å². The number of hydrogen-bond acceptors (Lipinski definition) is 4. The van der Waals surface area contributed by atoms with Crippen LogP contribution in [-0.2, 0) is 0 Å². The second kappa shape index (κ2) is 5.90. The standard InChI is InChI=1S/C19H16N4O2/c1-11-3-8-15-16(9-11)22-18(21-15)13-4-6-14(7-5-13)20-19(24)17-10-12(2)25-23-17/h3-10H,1-2H3,(H,20,24)(H,21,22). The zero-order valence-electron chi connectivity index (χ0n) is 13.8. The van der Waals surface area contributed by atoms with Crippen molar-refractivity contribution in [3.05, 3.63) is 65.5 Å². The summed E-state index contributed by atoms with van der Waals surface area (Å²) in [5, 5.41) is 6.50. The van der Waals surface area contributed by atoms with Gasteiger partial charge in [-0.05, 0) is 55.8 Å². The predicted molar refractivity (Wildman–Crippen MR) is 95.5 cm³/mol. The molecule has 0 spiro atoms. The van der Waals surface area contributed by atoms with Gasteiger partial charge in [0, 0.05) is 17.3 Å². The fourth-order valence-corrected chi connectivity index (χ4v) is 2.64. The molecule has 0 atom stereocenters. The molecular weight excluding hydrogens is 316 g/mol. The number of rotatable bonds is 3. The third-order valence-corrected chi connectivity index (χ3v) is 3.91. The van der Waals surface area contributed by atoms with Gasteiger partial charge in [0.1, 0.15) is 11.6 Å². The van der Waals surface area contributed by atoms with Crippen molar-refractivity contribution in [3.63, 3.8) is 0 Å². The Morgan fingerprint density at radius 3 is 2.60 bits per heavy atom. The molecule has 0 fully saturated rings. The van der Waals surface area contributed by atoms with E-state index in [1.54, 1.807) is 13.0 Å². The number of imidazole rings is 1. The Morgan fingerprint density at radius 2 is 1.88 bits per heavy atom. The summed E-state index contributed by atoms with van der Waals surface area (Å²) in [6, 6.07) is 15.2. The van der Waals surface area contributed by atoms with Crippen molar-refractivity contribution in [1.29, 1.82) is 0 Å². The van der Waals surface area contributed by atoms with Crippen LogP contribution in [0.1, 0.15) is 21.8 Å². The van der Waals surface area contributed by atoms with Gasteiger partial charge in [0.15, 0.2) is 5.69 Å². The Morgan fingerprint density at radius 1 is 1.08 bits per heavy atom. The zero-order chi connectivity index (χ0) is 17.4. The molecule has 4 aromatic rings. The van der Waals surface area contributed by atoms with Gasteiger partial charge in [-0.25, -0.2) is 4.98 Å². The summed E-state index contributed by atoms with van der Waals surface area (Å²) in [5.41, 5.74) is 5.01. The largest absolute Gasteiger partial charge is 0.361 e. The number of hydrogen-bond donors (Lipinski definition) is 2. The van der Waals surface area contributed by atoms with Gasteiger partial charge >= 0.3 is 0 Å². The van der Waals surface area contributed by atoms with Crippen molar-refractivity contribution >= 4 is 22.6 Å². The van der Waals surface area contributed by atoms with Crippen molar-refractivity contribution in [2.75, 3.05) is 5.32 Å². The molecule has 0 unspecified atom stereocenters. The van der Waals surface area contributed by atoms with Crippen LogP contribution in [0.15, 0.2) is 53.1 Å².